The Kier molecular flexibility index (Phi) is 4.99. The minimum absolute atomic E-state index is 0.0131. The third-order valence-electron chi connectivity index (χ3n) is 4.52. The number of aromatic nitrogens is 4. The van der Waals surface area contributed by atoms with Crippen LogP contribution < -0.4 is 10.6 Å². The van der Waals surface area contributed by atoms with Gasteiger partial charge in [-0.05, 0) is 53.8 Å². The number of carbonyl (C=O) groups is 1. The molecule has 1 saturated carbocycles. The quantitative estimate of drug-likeness (QED) is 0.870. The lowest BCUT2D eigenvalue weighted by Gasteiger charge is -2.35. The zero-order chi connectivity index (χ0) is 17.1. The highest BCUT2D eigenvalue weighted by atomic mass is 35.5. The van der Waals surface area contributed by atoms with Gasteiger partial charge in [-0.25, -0.2) is 9.48 Å². The van der Waals surface area contributed by atoms with E-state index in [0.717, 1.165) is 18.4 Å². The highest BCUT2D eigenvalue weighted by Gasteiger charge is 2.30. The number of urea groups is 1. The molecule has 0 aliphatic heterocycles. The monoisotopic (exact) mass is 348 g/mol. The average Bonchev–Trinajstić information content (AvgIpc) is 2.92. The van der Waals surface area contributed by atoms with Gasteiger partial charge in [0.1, 0.15) is 0 Å². The first-order valence-corrected chi connectivity index (χ1v) is 8.47. The fourth-order valence-electron chi connectivity index (χ4n) is 2.96. The van der Waals surface area contributed by atoms with Crippen molar-refractivity contribution in [1.82, 2.24) is 30.8 Å². The van der Waals surface area contributed by atoms with Crippen molar-refractivity contribution in [3.8, 4) is 0 Å². The molecule has 24 heavy (non-hydrogen) atoms. The van der Waals surface area contributed by atoms with Gasteiger partial charge in [-0.15, -0.1) is 5.10 Å². The van der Waals surface area contributed by atoms with E-state index in [9.17, 15) is 4.79 Å². The van der Waals surface area contributed by atoms with Crippen LogP contribution in [0, 0.1) is 5.92 Å². The van der Waals surface area contributed by atoms with Crippen LogP contribution in [0.3, 0.4) is 0 Å². The van der Waals surface area contributed by atoms with Gasteiger partial charge in [-0.3, -0.25) is 0 Å². The summed E-state index contributed by atoms with van der Waals surface area (Å²) in [6.07, 6.45) is 3.45. The number of halogens is 1. The molecular formula is C16H21ClN6O. The molecule has 1 fully saturated rings. The summed E-state index contributed by atoms with van der Waals surface area (Å²) in [5.74, 6) is 1.07. The molecule has 2 N–H and O–H groups in total. The Labute approximate surface area is 145 Å². The smallest absolute Gasteiger partial charge is 0.315 e. The Bertz CT molecular complexity index is 697. The van der Waals surface area contributed by atoms with Gasteiger partial charge in [0.15, 0.2) is 5.82 Å². The zero-order valence-electron chi connectivity index (χ0n) is 13.7. The van der Waals surface area contributed by atoms with Gasteiger partial charge in [0, 0.05) is 12.1 Å². The van der Waals surface area contributed by atoms with Crippen molar-refractivity contribution < 1.29 is 4.79 Å². The molecule has 0 saturated heterocycles. The van der Waals surface area contributed by atoms with Gasteiger partial charge in [-0.2, -0.15) is 0 Å². The van der Waals surface area contributed by atoms with Crippen molar-refractivity contribution in [2.45, 2.75) is 38.3 Å². The fraction of sp³-hybridized carbons (Fsp3) is 0.500. The summed E-state index contributed by atoms with van der Waals surface area (Å²) in [6.45, 7) is 1.85. The minimum atomic E-state index is -0.280. The van der Waals surface area contributed by atoms with Crippen LogP contribution >= 0.6 is 11.6 Å². The summed E-state index contributed by atoms with van der Waals surface area (Å²) in [4.78, 5) is 12.4. The summed E-state index contributed by atoms with van der Waals surface area (Å²) in [5.41, 5.74) is 1.08. The molecule has 1 aliphatic carbocycles. The standard InChI is InChI=1S/C16H21ClN6O/c1-10(15-20-21-22-23(15)2)18-16(24)19-14(11-4-3-5-11)12-6-8-13(17)9-7-12/h6-11,14H,3-5H2,1-2H3,(H2,18,19,24)/t10-,14+/m1/s1. The molecular weight excluding hydrogens is 328 g/mol. The maximum atomic E-state index is 12.4. The van der Waals surface area contributed by atoms with Crippen molar-refractivity contribution >= 4 is 17.6 Å². The van der Waals surface area contributed by atoms with Gasteiger partial charge in [0.25, 0.3) is 0 Å². The summed E-state index contributed by atoms with van der Waals surface area (Å²) >= 11 is 5.97. The molecule has 0 spiro atoms. The van der Waals surface area contributed by atoms with E-state index in [1.165, 1.54) is 6.42 Å². The maximum Gasteiger partial charge on any atom is 0.315 e. The number of amides is 2. The molecule has 0 radical (unpaired) electrons. The van der Waals surface area contributed by atoms with E-state index in [0.29, 0.717) is 16.8 Å². The first kappa shape index (κ1) is 16.7. The predicted molar refractivity (Wildman–Crippen MR) is 90.4 cm³/mol. The molecule has 128 valence electrons. The van der Waals surface area contributed by atoms with Crippen molar-refractivity contribution in [3.05, 3.63) is 40.7 Å². The Hall–Kier alpha value is -2.15. The van der Waals surface area contributed by atoms with Crippen molar-refractivity contribution in [2.75, 3.05) is 0 Å². The van der Waals surface area contributed by atoms with Crippen LogP contribution in [0.25, 0.3) is 0 Å². The number of nitrogens with one attached hydrogen (secondary N) is 2. The highest BCUT2D eigenvalue weighted by molar-refractivity contribution is 6.30. The largest absolute Gasteiger partial charge is 0.331 e. The molecule has 0 bridgehead atoms. The number of tetrazole rings is 1. The van der Waals surface area contributed by atoms with Crippen LogP contribution in [-0.2, 0) is 7.05 Å². The summed E-state index contributed by atoms with van der Waals surface area (Å²) in [6, 6.07) is 7.14. The van der Waals surface area contributed by atoms with E-state index in [1.807, 2.05) is 31.2 Å². The molecule has 2 aromatic rings. The third-order valence-corrected chi connectivity index (χ3v) is 4.78. The van der Waals surface area contributed by atoms with Crippen molar-refractivity contribution in [1.29, 1.82) is 0 Å². The van der Waals surface area contributed by atoms with Crippen LogP contribution in [0.5, 0.6) is 0 Å². The van der Waals surface area contributed by atoms with Gasteiger partial charge < -0.3 is 10.6 Å². The van der Waals surface area contributed by atoms with Crippen LogP contribution in [0.1, 0.15) is 49.7 Å². The number of hydrogen-bond acceptors (Lipinski definition) is 4. The van der Waals surface area contributed by atoms with E-state index in [4.69, 9.17) is 11.6 Å². The molecule has 1 aromatic carbocycles. The summed E-state index contributed by atoms with van der Waals surface area (Å²) in [7, 11) is 1.75. The van der Waals surface area contributed by atoms with Gasteiger partial charge in [0.05, 0.1) is 12.1 Å². The average molecular weight is 349 g/mol. The van der Waals surface area contributed by atoms with E-state index >= 15 is 0 Å². The zero-order valence-corrected chi connectivity index (χ0v) is 14.5. The molecule has 0 unspecified atom stereocenters. The van der Waals surface area contributed by atoms with Crippen molar-refractivity contribution in [3.63, 3.8) is 0 Å². The van der Waals surface area contributed by atoms with Crippen LogP contribution in [-0.4, -0.2) is 26.2 Å². The van der Waals surface area contributed by atoms with Crippen LogP contribution in [0.2, 0.25) is 5.02 Å². The number of nitrogens with zero attached hydrogens (tertiary/aromatic N) is 4. The molecule has 1 heterocycles. The van der Waals surface area contributed by atoms with Crippen LogP contribution in [0.4, 0.5) is 4.79 Å². The highest BCUT2D eigenvalue weighted by Crippen LogP contribution is 2.38. The molecule has 3 rings (SSSR count). The second kappa shape index (κ2) is 7.17. The Morgan fingerprint density at radius 3 is 2.54 bits per heavy atom. The third kappa shape index (κ3) is 3.67. The Balaban J connectivity index is 1.67. The van der Waals surface area contributed by atoms with Crippen molar-refractivity contribution in [2.24, 2.45) is 13.0 Å². The summed E-state index contributed by atoms with van der Waals surface area (Å²) < 4.78 is 1.55. The second-order valence-electron chi connectivity index (χ2n) is 6.22. The lowest BCUT2D eigenvalue weighted by Crippen LogP contribution is -2.43. The first-order valence-electron chi connectivity index (χ1n) is 8.09. The molecule has 2 amide bonds. The molecule has 1 aliphatic rings. The molecule has 1 aromatic heterocycles. The van der Waals surface area contributed by atoms with E-state index < -0.39 is 0 Å². The lowest BCUT2D eigenvalue weighted by molar-refractivity contribution is 0.205. The molecule has 2 atom stereocenters. The number of hydrogen-bond donors (Lipinski definition) is 2. The predicted octanol–water partition coefficient (Wildman–Crippen LogP) is 2.77. The Morgan fingerprint density at radius 2 is 2.00 bits per heavy atom. The van der Waals surface area contributed by atoms with E-state index in [-0.39, 0.29) is 18.1 Å². The van der Waals surface area contributed by atoms with Gasteiger partial charge >= 0.3 is 6.03 Å². The number of aryl methyl sites for hydroxylation is 1. The molecule has 8 heteroatoms. The SMILES string of the molecule is C[C@@H](NC(=O)N[C@H](c1ccc(Cl)cc1)C1CCC1)c1nnnn1C. The van der Waals surface area contributed by atoms with Crippen LogP contribution in [0.15, 0.2) is 24.3 Å². The number of benzene rings is 1. The van der Waals surface area contributed by atoms with Gasteiger partial charge in [-0.1, -0.05) is 30.2 Å². The second-order valence-corrected chi connectivity index (χ2v) is 6.66. The maximum absolute atomic E-state index is 12.4. The molecule has 7 nitrogen and oxygen atoms in total. The Morgan fingerprint density at radius 1 is 1.29 bits per heavy atom. The number of rotatable bonds is 5. The normalized spacial score (nSPS) is 17.0. The van der Waals surface area contributed by atoms with E-state index in [1.54, 1.807) is 11.7 Å². The first-order chi connectivity index (χ1) is 11.5. The topological polar surface area (TPSA) is 84.7 Å². The fourth-order valence-corrected chi connectivity index (χ4v) is 3.09. The minimum Gasteiger partial charge on any atom is -0.331 e. The lowest BCUT2D eigenvalue weighted by atomic mass is 9.77. The summed E-state index contributed by atoms with van der Waals surface area (Å²) in [5, 5.41) is 18.0. The number of carbonyl (C=O) groups excluding carboxylic acids is 1. The van der Waals surface area contributed by atoms with E-state index in [2.05, 4.69) is 26.2 Å². The van der Waals surface area contributed by atoms with Gasteiger partial charge in [0.2, 0.25) is 0 Å².